The number of aromatic nitrogens is 4. The van der Waals surface area contributed by atoms with Gasteiger partial charge < -0.3 is 20.4 Å². The molecule has 0 radical (unpaired) electrons. The van der Waals surface area contributed by atoms with Crippen LogP contribution in [0.5, 0.6) is 0 Å². The van der Waals surface area contributed by atoms with Crippen molar-refractivity contribution in [2.24, 2.45) is 0 Å². The van der Waals surface area contributed by atoms with Gasteiger partial charge in [-0.05, 0) is 45.5 Å². The second-order valence-corrected chi connectivity index (χ2v) is 11.0. The van der Waals surface area contributed by atoms with E-state index in [4.69, 9.17) is 10.2 Å². The van der Waals surface area contributed by atoms with Crippen molar-refractivity contribution >= 4 is 21.7 Å². The van der Waals surface area contributed by atoms with E-state index in [0.717, 1.165) is 17.7 Å². The van der Waals surface area contributed by atoms with E-state index in [9.17, 15) is 8.42 Å². The van der Waals surface area contributed by atoms with Gasteiger partial charge in [-0.3, -0.25) is 0 Å². The van der Waals surface area contributed by atoms with Crippen LogP contribution in [0.25, 0.3) is 23.0 Å². The first-order valence-electron chi connectivity index (χ1n) is 11.1. The quantitative estimate of drug-likeness (QED) is 0.505. The van der Waals surface area contributed by atoms with Crippen LogP contribution in [0.15, 0.2) is 34.9 Å². The summed E-state index contributed by atoms with van der Waals surface area (Å²) in [4.78, 5) is 10.9. The summed E-state index contributed by atoms with van der Waals surface area (Å²) in [7, 11) is -1.41. The number of nitrogen functional groups attached to an aromatic ring is 1. The number of piperazine rings is 1. The average molecular weight is 493 g/mol. The molecular weight excluding hydrogens is 456 g/mol. The Morgan fingerprint density at radius 3 is 2.53 bits per heavy atom. The van der Waals surface area contributed by atoms with E-state index in [1.807, 2.05) is 50.1 Å². The van der Waals surface area contributed by atoms with Gasteiger partial charge in [-0.1, -0.05) is 12.1 Å². The molecule has 0 bridgehead atoms. The van der Waals surface area contributed by atoms with Gasteiger partial charge in [0, 0.05) is 41.6 Å². The van der Waals surface area contributed by atoms with E-state index >= 15 is 0 Å². The molecule has 1 aliphatic heterocycles. The lowest BCUT2D eigenvalue weighted by Gasteiger charge is -2.46. The first-order valence-corrected chi connectivity index (χ1v) is 12.7. The third-order valence-corrected chi connectivity index (χ3v) is 7.93. The molecule has 34 heavy (non-hydrogen) atoms. The number of rotatable bonds is 7. The number of nitrogens with two attached hydrogens (primary N) is 1. The van der Waals surface area contributed by atoms with Crippen molar-refractivity contribution in [2.45, 2.75) is 32.9 Å². The Balaban J connectivity index is 0.00000228. The fourth-order valence-electron chi connectivity index (χ4n) is 4.11. The number of nitrogens with one attached hydrogen (secondary N) is 1. The van der Waals surface area contributed by atoms with E-state index < -0.39 is 15.6 Å². The number of hydrogen-bond acceptors (Lipinski definition) is 10. The lowest BCUT2D eigenvalue weighted by Crippen LogP contribution is -2.61. The van der Waals surface area contributed by atoms with Gasteiger partial charge in [-0.2, -0.15) is 4.31 Å². The predicted molar refractivity (Wildman–Crippen MR) is 137 cm³/mol. The molecule has 188 valence electrons. The Morgan fingerprint density at radius 2 is 1.88 bits per heavy atom. The number of anilines is 2. The van der Waals surface area contributed by atoms with Crippen molar-refractivity contribution < 1.29 is 17.1 Å². The largest absolute Gasteiger partial charge is 0.414 e. The molecule has 1 saturated heterocycles. The Labute approximate surface area is 203 Å². The Hall–Kier alpha value is -3.09. The van der Waals surface area contributed by atoms with Gasteiger partial charge in [0.1, 0.15) is 5.82 Å². The standard InChI is InChI=1S/C22H30N8O3S.3H2/c1-5-34(31,32)30-11-10-29(14-22(30,2)3)17-13-25-19(23)18(26-17)21-28-27-20(33-21)16-8-6-15(7-9-16)12-24-4;;;/h6-9,13,24H,5,10-12,14H2,1-4H3,(H2,23,25);3*1H. The summed E-state index contributed by atoms with van der Waals surface area (Å²) in [6.07, 6.45) is 1.58. The van der Waals surface area contributed by atoms with E-state index in [0.29, 0.717) is 37.0 Å². The zero-order valence-corrected chi connectivity index (χ0v) is 20.6. The maximum Gasteiger partial charge on any atom is 0.270 e. The second-order valence-electron chi connectivity index (χ2n) is 8.81. The van der Waals surface area contributed by atoms with Crippen LogP contribution in [0.2, 0.25) is 0 Å². The molecule has 3 heterocycles. The van der Waals surface area contributed by atoms with Crippen LogP contribution in [-0.4, -0.2) is 70.9 Å². The van der Waals surface area contributed by atoms with E-state index in [-0.39, 0.29) is 21.7 Å². The molecule has 1 aliphatic rings. The van der Waals surface area contributed by atoms with Crippen LogP contribution >= 0.6 is 0 Å². The molecule has 0 spiro atoms. The lowest BCUT2D eigenvalue weighted by molar-refractivity contribution is 0.204. The summed E-state index contributed by atoms with van der Waals surface area (Å²) in [6.45, 7) is 7.54. The van der Waals surface area contributed by atoms with E-state index in [1.54, 1.807) is 17.4 Å². The summed E-state index contributed by atoms with van der Waals surface area (Å²) in [5, 5.41) is 11.4. The van der Waals surface area contributed by atoms with Gasteiger partial charge in [-0.15, -0.1) is 10.2 Å². The molecule has 0 aliphatic carbocycles. The molecule has 2 aromatic heterocycles. The predicted octanol–water partition coefficient (Wildman–Crippen LogP) is 2.48. The van der Waals surface area contributed by atoms with Crippen LogP contribution in [-0.2, 0) is 16.6 Å². The van der Waals surface area contributed by atoms with Crippen molar-refractivity contribution in [3.63, 3.8) is 0 Å². The Morgan fingerprint density at radius 1 is 1.18 bits per heavy atom. The monoisotopic (exact) mass is 492 g/mol. The minimum Gasteiger partial charge on any atom is -0.414 e. The van der Waals surface area contributed by atoms with Crippen LogP contribution in [0.3, 0.4) is 0 Å². The van der Waals surface area contributed by atoms with Gasteiger partial charge in [0.15, 0.2) is 11.5 Å². The summed E-state index contributed by atoms with van der Waals surface area (Å²) in [5.74, 6) is 1.35. The fraction of sp³-hybridized carbons (Fsp3) is 0.455. The summed E-state index contributed by atoms with van der Waals surface area (Å²) < 4.78 is 32.4. The first-order chi connectivity index (χ1) is 16.1. The van der Waals surface area contributed by atoms with E-state index in [1.165, 1.54) is 0 Å². The zero-order chi connectivity index (χ0) is 24.5. The highest BCUT2D eigenvalue weighted by Gasteiger charge is 2.40. The number of sulfonamides is 1. The molecule has 1 aromatic carbocycles. The molecule has 3 aromatic rings. The number of benzene rings is 1. The van der Waals surface area contributed by atoms with Gasteiger partial charge >= 0.3 is 0 Å². The normalized spacial score (nSPS) is 16.6. The SMILES string of the molecule is CCS(=O)(=O)N1CCN(c2cnc(N)c(-c3nnc(-c4ccc(CNC)cc4)o3)n2)CC1(C)C.[HH].[HH].[HH]. The molecule has 0 unspecified atom stereocenters. The summed E-state index contributed by atoms with van der Waals surface area (Å²) in [5.41, 5.74) is 7.71. The lowest BCUT2D eigenvalue weighted by atomic mass is 10.0. The van der Waals surface area contributed by atoms with Crippen LogP contribution in [0.4, 0.5) is 11.6 Å². The summed E-state index contributed by atoms with van der Waals surface area (Å²) >= 11 is 0. The Bertz CT molecular complexity index is 1270. The third kappa shape index (κ3) is 4.74. The maximum absolute atomic E-state index is 12.5. The topological polar surface area (TPSA) is 143 Å². The summed E-state index contributed by atoms with van der Waals surface area (Å²) in [6, 6.07) is 7.82. The molecule has 0 saturated carbocycles. The van der Waals surface area contributed by atoms with Gasteiger partial charge in [-0.25, -0.2) is 18.4 Å². The molecule has 1 fully saturated rings. The average Bonchev–Trinajstić information content (AvgIpc) is 3.29. The second kappa shape index (κ2) is 9.28. The smallest absolute Gasteiger partial charge is 0.270 e. The minimum atomic E-state index is -3.31. The van der Waals surface area contributed by atoms with Gasteiger partial charge in [0.2, 0.25) is 15.9 Å². The molecule has 11 nitrogen and oxygen atoms in total. The highest BCUT2D eigenvalue weighted by molar-refractivity contribution is 7.89. The maximum atomic E-state index is 12.5. The molecular formula is C22H36N8O3S. The van der Waals surface area contributed by atoms with Gasteiger partial charge in [0.25, 0.3) is 5.89 Å². The molecule has 12 heteroatoms. The van der Waals surface area contributed by atoms with Crippen molar-refractivity contribution in [2.75, 3.05) is 43.1 Å². The minimum absolute atomic E-state index is 0. The Kier molecular flexibility index (Phi) is 6.56. The van der Waals surface area contributed by atoms with Crippen molar-refractivity contribution in [3.05, 3.63) is 36.0 Å². The molecule has 0 amide bonds. The third-order valence-electron chi connectivity index (χ3n) is 5.85. The molecule has 4 rings (SSSR count). The van der Waals surface area contributed by atoms with Crippen LogP contribution < -0.4 is 16.0 Å². The van der Waals surface area contributed by atoms with Crippen molar-refractivity contribution in [1.29, 1.82) is 0 Å². The highest BCUT2D eigenvalue weighted by atomic mass is 32.2. The van der Waals surface area contributed by atoms with Gasteiger partial charge in [0.05, 0.1) is 11.9 Å². The van der Waals surface area contributed by atoms with Crippen LogP contribution in [0, 0.1) is 0 Å². The van der Waals surface area contributed by atoms with Crippen molar-refractivity contribution in [3.8, 4) is 23.0 Å². The fourth-order valence-corrected chi connectivity index (χ4v) is 5.59. The molecule has 0 atom stereocenters. The van der Waals surface area contributed by atoms with E-state index in [2.05, 4.69) is 25.5 Å². The highest BCUT2D eigenvalue weighted by Crippen LogP contribution is 2.30. The molecule has 3 N–H and O–H groups in total. The number of nitrogens with zero attached hydrogens (tertiary/aromatic N) is 6. The zero-order valence-electron chi connectivity index (χ0n) is 19.8. The van der Waals surface area contributed by atoms with Crippen molar-refractivity contribution in [1.82, 2.24) is 29.8 Å². The first kappa shape index (κ1) is 24.0. The number of hydrogen-bond donors (Lipinski definition) is 2. The van der Waals surface area contributed by atoms with Crippen LogP contribution in [0.1, 0.15) is 30.6 Å².